The standard InChI is InChI=1S/C26H26N2O4/c1-26(2,3)21-13-11-20(12-14-21)25(31)32-22-15-9-18(10-16-22)17-27-28-24(30)23(29)19-7-5-4-6-8-19/h4-17,23,29H,1-3H3,(H,28,30). The van der Waals surface area contributed by atoms with Crippen LogP contribution in [-0.2, 0) is 10.2 Å². The summed E-state index contributed by atoms with van der Waals surface area (Å²) in [6.07, 6.45) is 0.138. The summed E-state index contributed by atoms with van der Waals surface area (Å²) in [5, 5.41) is 13.9. The number of rotatable bonds is 6. The highest BCUT2D eigenvalue weighted by Gasteiger charge is 2.16. The van der Waals surface area contributed by atoms with Gasteiger partial charge in [-0.15, -0.1) is 0 Å². The third kappa shape index (κ3) is 6.12. The molecule has 0 spiro atoms. The van der Waals surface area contributed by atoms with Gasteiger partial charge in [-0.3, -0.25) is 4.79 Å². The third-order valence-corrected chi connectivity index (χ3v) is 4.83. The topological polar surface area (TPSA) is 88.0 Å². The van der Waals surface area contributed by atoms with Crippen LogP contribution in [0.2, 0.25) is 0 Å². The van der Waals surface area contributed by atoms with Crippen LogP contribution in [0.5, 0.6) is 5.75 Å². The van der Waals surface area contributed by atoms with E-state index in [0.717, 1.165) is 5.56 Å². The van der Waals surface area contributed by atoms with Gasteiger partial charge in [0.05, 0.1) is 11.8 Å². The van der Waals surface area contributed by atoms with Crippen LogP contribution < -0.4 is 10.2 Å². The number of aliphatic hydroxyl groups is 1. The number of esters is 1. The predicted molar refractivity (Wildman–Crippen MR) is 124 cm³/mol. The molecular formula is C26H26N2O4. The minimum Gasteiger partial charge on any atom is -0.423 e. The van der Waals surface area contributed by atoms with Crippen molar-refractivity contribution in [3.8, 4) is 5.75 Å². The van der Waals surface area contributed by atoms with E-state index in [2.05, 4.69) is 31.3 Å². The summed E-state index contributed by atoms with van der Waals surface area (Å²) in [5.41, 5.74) is 5.11. The molecule has 0 aliphatic heterocycles. The summed E-state index contributed by atoms with van der Waals surface area (Å²) in [6, 6.07) is 22.7. The van der Waals surface area contributed by atoms with E-state index in [1.165, 1.54) is 6.21 Å². The Morgan fingerprint density at radius 2 is 1.56 bits per heavy atom. The lowest BCUT2D eigenvalue weighted by molar-refractivity contribution is -0.129. The third-order valence-electron chi connectivity index (χ3n) is 4.83. The molecule has 0 radical (unpaired) electrons. The van der Waals surface area contributed by atoms with E-state index < -0.39 is 18.0 Å². The minimum absolute atomic E-state index is 0.0128. The van der Waals surface area contributed by atoms with Gasteiger partial charge in [-0.05, 0) is 58.5 Å². The van der Waals surface area contributed by atoms with Crippen molar-refractivity contribution in [1.82, 2.24) is 5.43 Å². The first-order valence-corrected chi connectivity index (χ1v) is 10.2. The number of hydrogen-bond donors (Lipinski definition) is 2. The molecule has 3 aromatic rings. The quantitative estimate of drug-likeness (QED) is 0.263. The molecule has 0 fully saturated rings. The first kappa shape index (κ1) is 22.9. The summed E-state index contributed by atoms with van der Waals surface area (Å²) in [5.74, 6) is -0.667. The van der Waals surface area contributed by atoms with Crippen molar-refractivity contribution in [2.75, 3.05) is 0 Å². The van der Waals surface area contributed by atoms with E-state index in [0.29, 0.717) is 22.4 Å². The van der Waals surface area contributed by atoms with Crippen molar-refractivity contribution in [3.05, 3.63) is 101 Å². The van der Waals surface area contributed by atoms with Crippen LogP contribution in [0.1, 0.15) is 53.9 Å². The van der Waals surface area contributed by atoms with Gasteiger partial charge in [0.25, 0.3) is 5.91 Å². The Morgan fingerprint density at radius 1 is 0.938 bits per heavy atom. The largest absolute Gasteiger partial charge is 0.423 e. The van der Waals surface area contributed by atoms with Crippen LogP contribution in [0.15, 0.2) is 84.0 Å². The van der Waals surface area contributed by atoms with Crippen LogP contribution in [-0.4, -0.2) is 23.2 Å². The molecule has 0 aromatic heterocycles. The van der Waals surface area contributed by atoms with E-state index in [1.54, 1.807) is 66.7 Å². The van der Waals surface area contributed by atoms with Crippen LogP contribution >= 0.6 is 0 Å². The van der Waals surface area contributed by atoms with Gasteiger partial charge in [0, 0.05) is 0 Å². The molecule has 0 aliphatic carbocycles. The molecule has 2 N–H and O–H groups in total. The van der Waals surface area contributed by atoms with Crippen molar-refractivity contribution in [2.24, 2.45) is 5.10 Å². The number of nitrogens with zero attached hydrogens (tertiary/aromatic N) is 1. The molecule has 0 heterocycles. The maximum absolute atomic E-state index is 12.4. The zero-order valence-corrected chi connectivity index (χ0v) is 18.3. The fourth-order valence-corrected chi connectivity index (χ4v) is 2.91. The molecule has 32 heavy (non-hydrogen) atoms. The normalized spacial score (nSPS) is 12.4. The fourth-order valence-electron chi connectivity index (χ4n) is 2.91. The van der Waals surface area contributed by atoms with E-state index in [1.807, 2.05) is 12.1 Å². The Labute approximate surface area is 187 Å². The molecule has 0 saturated carbocycles. The van der Waals surface area contributed by atoms with Crippen LogP contribution in [0.4, 0.5) is 0 Å². The molecular weight excluding hydrogens is 404 g/mol. The van der Waals surface area contributed by atoms with Crippen molar-refractivity contribution in [1.29, 1.82) is 0 Å². The summed E-state index contributed by atoms with van der Waals surface area (Å²) in [4.78, 5) is 24.4. The molecule has 3 aromatic carbocycles. The van der Waals surface area contributed by atoms with Crippen molar-refractivity contribution < 1.29 is 19.4 Å². The minimum atomic E-state index is -1.30. The van der Waals surface area contributed by atoms with Crippen LogP contribution in [0.3, 0.4) is 0 Å². The lowest BCUT2D eigenvalue weighted by Crippen LogP contribution is -2.25. The van der Waals surface area contributed by atoms with Crippen LogP contribution in [0, 0.1) is 0 Å². The molecule has 1 atom stereocenters. The second kappa shape index (κ2) is 10.0. The highest BCUT2D eigenvalue weighted by molar-refractivity contribution is 5.91. The van der Waals surface area contributed by atoms with Crippen LogP contribution in [0.25, 0.3) is 0 Å². The maximum Gasteiger partial charge on any atom is 0.343 e. The summed E-state index contributed by atoms with van der Waals surface area (Å²) < 4.78 is 5.42. The molecule has 6 heteroatoms. The number of amides is 1. The number of nitrogens with one attached hydrogen (secondary N) is 1. The van der Waals surface area contributed by atoms with Gasteiger partial charge in [0.2, 0.25) is 0 Å². The van der Waals surface area contributed by atoms with Crippen molar-refractivity contribution in [3.63, 3.8) is 0 Å². The number of aliphatic hydroxyl groups excluding tert-OH is 1. The first-order chi connectivity index (χ1) is 15.2. The highest BCUT2D eigenvalue weighted by Crippen LogP contribution is 2.22. The number of carbonyl (C=O) groups is 2. The fraction of sp³-hybridized carbons (Fsp3) is 0.192. The first-order valence-electron chi connectivity index (χ1n) is 10.2. The number of hydrogen-bond acceptors (Lipinski definition) is 5. The summed E-state index contributed by atoms with van der Waals surface area (Å²) >= 11 is 0. The molecule has 6 nitrogen and oxygen atoms in total. The van der Waals surface area contributed by atoms with Crippen molar-refractivity contribution in [2.45, 2.75) is 32.3 Å². The highest BCUT2D eigenvalue weighted by atomic mass is 16.5. The smallest absolute Gasteiger partial charge is 0.343 e. The molecule has 164 valence electrons. The Bertz CT molecular complexity index is 1080. The molecule has 0 saturated heterocycles. The SMILES string of the molecule is CC(C)(C)c1ccc(C(=O)Oc2ccc(C=NNC(=O)C(O)c3ccccc3)cc2)cc1. The van der Waals surface area contributed by atoms with Crippen molar-refractivity contribution >= 4 is 18.1 Å². The van der Waals surface area contributed by atoms with E-state index in [-0.39, 0.29) is 5.41 Å². The number of hydrazone groups is 1. The molecule has 3 rings (SSSR count). The van der Waals surface area contributed by atoms with Gasteiger partial charge in [-0.25, -0.2) is 10.2 Å². The zero-order chi connectivity index (χ0) is 23.1. The van der Waals surface area contributed by atoms with Gasteiger partial charge in [-0.2, -0.15) is 5.10 Å². The molecule has 0 aliphatic rings. The van der Waals surface area contributed by atoms with Gasteiger partial charge in [-0.1, -0.05) is 63.2 Å². The Morgan fingerprint density at radius 3 is 2.16 bits per heavy atom. The number of carbonyl (C=O) groups excluding carboxylic acids is 2. The second-order valence-corrected chi connectivity index (χ2v) is 8.33. The van der Waals surface area contributed by atoms with E-state index in [4.69, 9.17) is 4.74 Å². The molecule has 1 unspecified atom stereocenters. The lowest BCUT2D eigenvalue weighted by atomic mass is 9.87. The average Bonchev–Trinajstić information content (AvgIpc) is 2.79. The average molecular weight is 431 g/mol. The predicted octanol–water partition coefficient (Wildman–Crippen LogP) is 4.39. The lowest BCUT2D eigenvalue weighted by Gasteiger charge is -2.18. The summed E-state index contributed by atoms with van der Waals surface area (Å²) in [6.45, 7) is 6.34. The zero-order valence-electron chi connectivity index (χ0n) is 18.3. The maximum atomic E-state index is 12.4. The Balaban J connectivity index is 1.54. The van der Waals surface area contributed by atoms with Gasteiger partial charge in [0.15, 0.2) is 6.10 Å². The summed E-state index contributed by atoms with van der Waals surface area (Å²) in [7, 11) is 0. The number of ether oxygens (including phenoxy) is 1. The molecule has 1 amide bonds. The monoisotopic (exact) mass is 430 g/mol. The van der Waals surface area contributed by atoms with Gasteiger partial charge < -0.3 is 9.84 Å². The molecule has 0 bridgehead atoms. The van der Waals surface area contributed by atoms with Gasteiger partial charge in [0.1, 0.15) is 5.75 Å². The second-order valence-electron chi connectivity index (χ2n) is 8.33. The van der Waals surface area contributed by atoms with Gasteiger partial charge >= 0.3 is 5.97 Å². The Kier molecular flexibility index (Phi) is 7.18. The van der Waals surface area contributed by atoms with E-state index >= 15 is 0 Å². The number of benzene rings is 3. The Hall–Kier alpha value is -3.77. The van der Waals surface area contributed by atoms with E-state index in [9.17, 15) is 14.7 Å².